The average molecular weight is 362 g/mol. The molecule has 6 nitrogen and oxygen atoms in total. The summed E-state index contributed by atoms with van der Waals surface area (Å²) in [7, 11) is -3.75. The lowest BCUT2D eigenvalue weighted by Crippen LogP contribution is -2.48. The molecule has 0 saturated carbocycles. The summed E-state index contributed by atoms with van der Waals surface area (Å²) in [4.78, 5) is 12.1. The third-order valence-electron chi connectivity index (χ3n) is 3.46. The van der Waals surface area contributed by atoms with Crippen molar-refractivity contribution in [2.24, 2.45) is 17.0 Å². The first-order chi connectivity index (χ1) is 9.29. The number of anilines is 1. The number of sulfonamides is 1. The predicted molar refractivity (Wildman–Crippen MR) is 79.7 cm³/mol. The van der Waals surface area contributed by atoms with Gasteiger partial charge in [0.25, 0.3) is 0 Å². The van der Waals surface area contributed by atoms with Gasteiger partial charge in [-0.2, -0.15) is 0 Å². The number of benzene rings is 1. The number of hydrogen-bond donors (Lipinski definition) is 3. The van der Waals surface area contributed by atoms with Gasteiger partial charge in [-0.05, 0) is 53.1 Å². The molecule has 1 heterocycles. The molecule has 1 fully saturated rings. The Labute approximate surface area is 126 Å². The van der Waals surface area contributed by atoms with Crippen molar-refractivity contribution in [2.75, 3.05) is 18.4 Å². The molecule has 1 unspecified atom stereocenters. The molecule has 2 rings (SSSR count). The molecule has 1 aliphatic heterocycles. The summed E-state index contributed by atoms with van der Waals surface area (Å²) < 4.78 is 22.9. The van der Waals surface area contributed by atoms with Gasteiger partial charge < -0.3 is 10.6 Å². The summed E-state index contributed by atoms with van der Waals surface area (Å²) in [5.74, 6) is 0.166. The molecule has 1 atom stereocenters. The highest BCUT2D eigenvalue weighted by Crippen LogP contribution is 2.26. The lowest BCUT2D eigenvalue weighted by molar-refractivity contribution is -0.121. The van der Waals surface area contributed by atoms with E-state index in [0.717, 1.165) is 13.1 Å². The zero-order valence-electron chi connectivity index (χ0n) is 10.9. The third-order valence-corrected chi connectivity index (χ3v) is 5.03. The predicted octanol–water partition coefficient (Wildman–Crippen LogP) is 0.890. The number of carbonyl (C=O) groups is 1. The van der Waals surface area contributed by atoms with Crippen LogP contribution in [0, 0.1) is 11.8 Å². The average Bonchev–Trinajstić information content (AvgIpc) is 2.27. The van der Waals surface area contributed by atoms with Gasteiger partial charge >= 0.3 is 0 Å². The highest BCUT2D eigenvalue weighted by atomic mass is 79.9. The molecule has 4 N–H and O–H groups in total. The van der Waals surface area contributed by atoms with E-state index >= 15 is 0 Å². The maximum absolute atomic E-state index is 12.1. The fourth-order valence-electron chi connectivity index (χ4n) is 1.90. The maximum Gasteiger partial charge on any atom is 0.238 e. The van der Waals surface area contributed by atoms with Crippen LogP contribution < -0.4 is 15.8 Å². The Bertz CT molecular complexity index is 629. The Kier molecular flexibility index (Phi) is 4.48. The smallest absolute Gasteiger partial charge is 0.238 e. The van der Waals surface area contributed by atoms with Gasteiger partial charge in [-0.15, -0.1) is 0 Å². The second kappa shape index (κ2) is 5.80. The summed E-state index contributed by atoms with van der Waals surface area (Å²) in [6.45, 7) is 3.58. The van der Waals surface area contributed by atoms with Gasteiger partial charge in [-0.1, -0.05) is 6.92 Å². The minimum absolute atomic E-state index is 0.00128. The minimum atomic E-state index is -3.75. The molecule has 1 aromatic rings. The number of amides is 1. The van der Waals surface area contributed by atoms with Crippen molar-refractivity contribution < 1.29 is 13.2 Å². The van der Waals surface area contributed by atoms with Crippen LogP contribution in [0.15, 0.2) is 27.6 Å². The van der Waals surface area contributed by atoms with Crippen LogP contribution in [0.3, 0.4) is 0 Å². The Morgan fingerprint density at radius 3 is 2.60 bits per heavy atom. The van der Waals surface area contributed by atoms with Gasteiger partial charge in [0.2, 0.25) is 15.9 Å². The highest BCUT2D eigenvalue weighted by Gasteiger charge is 2.29. The Hall–Kier alpha value is -0.960. The SMILES string of the molecule is CC(C(=O)Nc1ccc(S(N)(=O)=O)cc1Br)C1CNC1. The van der Waals surface area contributed by atoms with E-state index in [9.17, 15) is 13.2 Å². The van der Waals surface area contributed by atoms with Crippen molar-refractivity contribution in [1.29, 1.82) is 0 Å². The van der Waals surface area contributed by atoms with Crippen molar-refractivity contribution in [3.63, 3.8) is 0 Å². The van der Waals surface area contributed by atoms with E-state index in [1.54, 1.807) is 0 Å². The molecule has 0 aliphatic carbocycles. The topological polar surface area (TPSA) is 101 Å². The van der Waals surface area contributed by atoms with Crippen LogP contribution >= 0.6 is 15.9 Å². The highest BCUT2D eigenvalue weighted by molar-refractivity contribution is 9.10. The summed E-state index contributed by atoms with van der Waals surface area (Å²) in [6, 6.07) is 4.26. The van der Waals surface area contributed by atoms with Crippen molar-refractivity contribution in [2.45, 2.75) is 11.8 Å². The van der Waals surface area contributed by atoms with Gasteiger partial charge in [0, 0.05) is 10.4 Å². The minimum Gasteiger partial charge on any atom is -0.325 e. The van der Waals surface area contributed by atoms with E-state index in [0.29, 0.717) is 16.1 Å². The molecular formula is C12H16BrN3O3S. The van der Waals surface area contributed by atoms with Crippen molar-refractivity contribution >= 4 is 37.5 Å². The number of carbonyl (C=O) groups excluding carboxylic acids is 1. The Morgan fingerprint density at radius 1 is 1.50 bits per heavy atom. The molecule has 0 bridgehead atoms. The van der Waals surface area contributed by atoms with Crippen molar-refractivity contribution in [3.05, 3.63) is 22.7 Å². The second-order valence-corrected chi connectivity index (χ2v) is 7.30. The van der Waals surface area contributed by atoms with Gasteiger partial charge in [0.1, 0.15) is 0 Å². The van der Waals surface area contributed by atoms with Crippen LogP contribution in [0.5, 0.6) is 0 Å². The quantitative estimate of drug-likeness (QED) is 0.740. The van der Waals surface area contributed by atoms with Crippen LogP contribution in [0.4, 0.5) is 5.69 Å². The molecule has 1 aliphatic rings. The summed E-state index contributed by atoms with van der Waals surface area (Å²) in [5, 5.41) is 11.0. The number of rotatable bonds is 4. The molecule has 8 heteroatoms. The van der Waals surface area contributed by atoms with Crippen LogP contribution in [0.25, 0.3) is 0 Å². The molecule has 1 aromatic carbocycles. The van der Waals surface area contributed by atoms with Gasteiger partial charge in [0.05, 0.1) is 10.6 Å². The Morgan fingerprint density at radius 2 is 2.15 bits per heavy atom. The van der Waals surface area contributed by atoms with Crippen LogP contribution in [0.1, 0.15) is 6.92 Å². The molecule has 0 spiro atoms. The maximum atomic E-state index is 12.1. The van der Waals surface area contributed by atoms with Crippen LogP contribution in [0.2, 0.25) is 0 Å². The normalized spacial score (nSPS) is 17.4. The lowest BCUT2D eigenvalue weighted by atomic mass is 9.88. The van der Waals surface area contributed by atoms with Gasteiger partial charge in [-0.25, -0.2) is 13.6 Å². The van der Waals surface area contributed by atoms with E-state index in [4.69, 9.17) is 5.14 Å². The zero-order valence-corrected chi connectivity index (χ0v) is 13.3. The van der Waals surface area contributed by atoms with Gasteiger partial charge in [0.15, 0.2) is 0 Å². The fourth-order valence-corrected chi connectivity index (χ4v) is 3.07. The summed E-state index contributed by atoms with van der Waals surface area (Å²) in [6.07, 6.45) is 0. The second-order valence-electron chi connectivity index (χ2n) is 4.88. The largest absolute Gasteiger partial charge is 0.325 e. The molecular weight excluding hydrogens is 346 g/mol. The number of halogens is 1. The number of nitrogens with one attached hydrogen (secondary N) is 2. The first kappa shape index (κ1) is 15.4. The standard InChI is InChI=1S/C12H16BrN3O3S/c1-7(8-5-15-6-8)12(17)16-11-3-2-9(4-10(11)13)20(14,18)19/h2-4,7-8,15H,5-6H2,1H3,(H,16,17)(H2,14,18,19). The van der Waals surface area contributed by atoms with Crippen LogP contribution in [-0.2, 0) is 14.8 Å². The third kappa shape index (κ3) is 3.38. The number of hydrogen-bond acceptors (Lipinski definition) is 4. The molecule has 1 saturated heterocycles. The molecule has 20 heavy (non-hydrogen) atoms. The number of primary sulfonamides is 1. The monoisotopic (exact) mass is 361 g/mol. The molecule has 0 radical (unpaired) electrons. The van der Waals surface area contributed by atoms with Gasteiger partial charge in [-0.3, -0.25) is 4.79 Å². The van der Waals surface area contributed by atoms with E-state index in [1.165, 1.54) is 18.2 Å². The number of nitrogens with two attached hydrogens (primary N) is 1. The molecule has 1 amide bonds. The zero-order chi connectivity index (χ0) is 14.9. The summed E-state index contributed by atoms with van der Waals surface area (Å²) in [5.41, 5.74) is 0.529. The van der Waals surface area contributed by atoms with E-state index in [2.05, 4.69) is 26.6 Å². The van der Waals surface area contributed by atoms with E-state index < -0.39 is 10.0 Å². The summed E-state index contributed by atoms with van der Waals surface area (Å²) >= 11 is 3.24. The lowest BCUT2D eigenvalue weighted by Gasteiger charge is -2.31. The van der Waals surface area contributed by atoms with Crippen molar-refractivity contribution in [1.82, 2.24) is 5.32 Å². The fraction of sp³-hybridized carbons (Fsp3) is 0.417. The molecule has 0 aromatic heterocycles. The molecule has 110 valence electrons. The first-order valence-corrected chi connectivity index (χ1v) is 8.47. The first-order valence-electron chi connectivity index (χ1n) is 6.13. The van der Waals surface area contributed by atoms with E-state index in [1.807, 2.05) is 6.92 Å². The Balaban J connectivity index is 2.11. The van der Waals surface area contributed by atoms with E-state index in [-0.39, 0.29) is 16.7 Å². The van der Waals surface area contributed by atoms with Crippen LogP contribution in [-0.4, -0.2) is 27.4 Å². The van der Waals surface area contributed by atoms with Crippen molar-refractivity contribution in [3.8, 4) is 0 Å².